The summed E-state index contributed by atoms with van der Waals surface area (Å²) in [5.41, 5.74) is 1.10. The van der Waals surface area contributed by atoms with Crippen LogP contribution in [0.3, 0.4) is 0 Å². The fourth-order valence-electron chi connectivity index (χ4n) is 2.39. The van der Waals surface area contributed by atoms with Crippen molar-refractivity contribution < 1.29 is 0 Å². The molecule has 1 saturated heterocycles. The van der Waals surface area contributed by atoms with Crippen molar-refractivity contribution in [1.29, 1.82) is 0 Å². The second kappa shape index (κ2) is 4.91. The van der Waals surface area contributed by atoms with E-state index in [2.05, 4.69) is 21.1 Å². The first-order valence-corrected chi connectivity index (χ1v) is 7.55. The molecule has 0 unspecified atom stereocenters. The Morgan fingerprint density at radius 2 is 2.24 bits per heavy atom. The maximum Gasteiger partial charge on any atom is 0.113 e. The van der Waals surface area contributed by atoms with Gasteiger partial charge in [0.1, 0.15) is 5.82 Å². The Morgan fingerprint density at radius 3 is 3.06 bits per heavy atom. The quantitative estimate of drug-likeness (QED) is 0.825. The van der Waals surface area contributed by atoms with Crippen LogP contribution in [-0.2, 0) is 6.42 Å². The number of aromatic nitrogens is 2. The number of fused-ring (bicyclic) bond motifs is 1. The molecule has 0 saturated carbocycles. The van der Waals surface area contributed by atoms with E-state index in [1.165, 1.54) is 30.2 Å². The third kappa shape index (κ3) is 2.45. The van der Waals surface area contributed by atoms with Gasteiger partial charge < -0.3 is 4.40 Å². The highest BCUT2D eigenvalue weighted by Crippen LogP contribution is 2.26. The molecule has 0 bridgehead atoms. The molecule has 0 spiro atoms. The van der Waals surface area contributed by atoms with Crippen LogP contribution in [0.5, 0.6) is 0 Å². The van der Waals surface area contributed by atoms with Gasteiger partial charge in [0.2, 0.25) is 0 Å². The Hall–Kier alpha value is -0.670. The molecule has 2 aromatic heterocycles. The topological polar surface area (TPSA) is 17.3 Å². The van der Waals surface area contributed by atoms with E-state index in [0.29, 0.717) is 0 Å². The first kappa shape index (κ1) is 11.4. The van der Waals surface area contributed by atoms with Gasteiger partial charge >= 0.3 is 0 Å². The minimum absolute atomic E-state index is 0.776. The third-order valence-electron chi connectivity index (χ3n) is 3.38. The number of thioether (sulfide) groups is 1. The lowest BCUT2D eigenvalue weighted by molar-refractivity contribution is 0.475. The summed E-state index contributed by atoms with van der Waals surface area (Å²) in [6.45, 7) is 0. The highest BCUT2D eigenvalue weighted by Gasteiger charge is 2.16. The van der Waals surface area contributed by atoms with E-state index in [1.807, 2.05) is 24.5 Å². The fourth-order valence-corrected chi connectivity index (χ4v) is 3.76. The first-order valence-electron chi connectivity index (χ1n) is 6.02. The van der Waals surface area contributed by atoms with Crippen LogP contribution in [-0.4, -0.2) is 20.9 Å². The molecule has 2 aromatic rings. The van der Waals surface area contributed by atoms with E-state index in [9.17, 15) is 0 Å². The Morgan fingerprint density at radius 1 is 1.41 bits per heavy atom. The molecular weight excluding hydrogens is 252 g/mol. The predicted octanol–water partition coefficient (Wildman–Crippen LogP) is 3.67. The second-order valence-corrected chi connectivity index (χ2v) is 6.24. The molecule has 0 aromatic carbocycles. The molecule has 0 aliphatic carbocycles. The van der Waals surface area contributed by atoms with Crippen LogP contribution in [0.2, 0.25) is 5.02 Å². The number of hydrogen-bond donors (Lipinski definition) is 0. The maximum absolute atomic E-state index is 5.98. The molecule has 0 atom stereocenters. The minimum atomic E-state index is 0.776. The van der Waals surface area contributed by atoms with E-state index in [1.54, 1.807) is 0 Å². The molecule has 3 heterocycles. The molecule has 90 valence electrons. The predicted molar refractivity (Wildman–Crippen MR) is 74.0 cm³/mol. The van der Waals surface area contributed by atoms with Crippen molar-refractivity contribution in [2.75, 3.05) is 11.5 Å². The molecule has 2 nitrogen and oxygen atoms in total. The molecule has 3 rings (SSSR count). The normalized spacial score (nSPS) is 17.7. The lowest BCUT2D eigenvalue weighted by Gasteiger charge is -2.20. The molecule has 4 heteroatoms. The van der Waals surface area contributed by atoms with Crippen LogP contribution < -0.4 is 0 Å². The van der Waals surface area contributed by atoms with Crippen LogP contribution in [0, 0.1) is 5.92 Å². The van der Waals surface area contributed by atoms with Gasteiger partial charge in [0.25, 0.3) is 0 Å². The van der Waals surface area contributed by atoms with Gasteiger partial charge in [-0.25, -0.2) is 4.98 Å². The van der Waals surface area contributed by atoms with Crippen molar-refractivity contribution in [2.45, 2.75) is 19.3 Å². The largest absolute Gasteiger partial charge is 0.304 e. The molecule has 0 N–H and O–H groups in total. The summed E-state index contributed by atoms with van der Waals surface area (Å²) in [4.78, 5) is 4.53. The van der Waals surface area contributed by atoms with Gasteiger partial charge in [-0.1, -0.05) is 11.6 Å². The van der Waals surface area contributed by atoms with E-state index >= 15 is 0 Å². The zero-order valence-electron chi connectivity index (χ0n) is 9.60. The van der Waals surface area contributed by atoms with Gasteiger partial charge in [-0.2, -0.15) is 11.8 Å². The number of nitrogens with zero attached hydrogens (tertiary/aromatic N) is 2. The van der Waals surface area contributed by atoms with E-state index in [0.717, 1.165) is 22.9 Å². The zero-order valence-corrected chi connectivity index (χ0v) is 11.2. The van der Waals surface area contributed by atoms with Gasteiger partial charge in [-0.3, -0.25) is 0 Å². The molecule has 1 aliphatic heterocycles. The summed E-state index contributed by atoms with van der Waals surface area (Å²) in [5.74, 6) is 4.59. The van der Waals surface area contributed by atoms with Gasteiger partial charge in [0.05, 0.1) is 11.7 Å². The Balaban J connectivity index is 1.84. The van der Waals surface area contributed by atoms with Crippen LogP contribution in [0.1, 0.15) is 18.7 Å². The van der Waals surface area contributed by atoms with Gasteiger partial charge in [-0.05, 0) is 42.4 Å². The van der Waals surface area contributed by atoms with Crippen molar-refractivity contribution in [3.05, 3.63) is 35.4 Å². The SMILES string of the molecule is Clc1ccn2c(CC3CCSCC3)ncc2c1. The Bertz CT molecular complexity index is 517. The standard InChI is InChI=1S/C13H15ClN2S/c14-11-1-4-16-12(8-11)9-15-13(16)7-10-2-5-17-6-3-10/h1,4,8-10H,2-3,5-7H2. The van der Waals surface area contributed by atoms with Gasteiger partial charge in [-0.15, -0.1) is 0 Å². The lowest BCUT2D eigenvalue weighted by atomic mass is 9.98. The van der Waals surface area contributed by atoms with E-state index < -0.39 is 0 Å². The van der Waals surface area contributed by atoms with Crippen LogP contribution in [0.4, 0.5) is 0 Å². The Kier molecular flexibility index (Phi) is 3.30. The van der Waals surface area contributed by atoms with Crippen LogP contribution in [0.25, 0.3) is 5.52 Å². The number of pyridine rings is 1. The summed E-state index contributed by atoms with van der Waals surface area (Å²) in [6.07, 6.45) is 7.69. The first-order chi connectivity index (χ1) is 8.33. The number of hydrogen-bond acceptors (Lipinski definition) is 2. The molecule has 1 aliphatic rings. The average molecular weight is 267 g/mol. The number of rotatable bonds is 2. The minimum Gasteiger partial charge on any atom is -0.304 e. The average Bonchev–Trinajstić information content (AvgIpc) is 2.73. The smallest absolute Gasteiger partial charge is 0.113 e. The summed E-state index contributed by atoms with van der Waals surface area (Å²) in [6, 6.07) is 3.89. The molecular formula is C13H15ClN2S. The number of halogens is 1. The molecule has 1 fully saturated rings. The summed E-state index contributed by atoms with van der Waals surface area (Å²) in [5, 5.41) is 0.776. The molecule has 17 heavy (non-hydrogen) atoms. The van der Waals surface area contributed by atoms with E-state index in [4.69, 9.17) is 11.6 Å². The fraction of sp³-hybridized carbons (Fsp3) is 0.462. The Labute approximate surface area is 110 Å². The molecule has 0 amide bonds. The monoisotopic (exact) mass is 266 g/mol. The maximum atomic E-state index is 5.98. The zero-order chi connectivity index (χ0) is 11.7. The van der Waals surface area contributed by atoms with Gasteiger partial charge in [0.15, 0.2) is 0 Å². The third-order valence-corrected chi connectivity index (χ3v) is 4.67. The highest BCUT2D eigenvalue weighted by molar-refractivity contribution is 7.99. The van der Waals surface area contributed by atoms with Crippen LogP contribution in [0.15, 0.2) is 24.5 Å². The van der Waals surface area contributed by atoms with Crippen LogP contribution >= 0.6 is 23.4 Å². The molecule has 0 radical (unpaired) electrons. The van der Waals surface area contributed by atoms with E-state index in [-0.39, 0.29) is 0 Å². The lowest BCUT2D eigenvalue weighted by Crippen LogP contribution is -2.13. The summed E-state index contributed by atoms with van der Waals surface area (Å²) < 4.78 is 2.16. The summed E-state index contributed by atoms with van der Waals surface area (Å²) in [7, 11) is 0. The van der Waals surface area contributed by atoms with Gasteiger partial charge in [0, 0.05) is 17.6 Å². The summed E-state index contributed by atoms with van der Waals surface area (Å²) >= 11 is 8.05. The van der Waals surface area contributed by atoms with Crippen molar-refractivity contribution in [3.8, 4) is 0 Å². The highest BCUT2D eigenvalue weighted by atomic mass is 35.5. The van der Waals surface area contributed by atoms with Crippen molar-refractivity contribution in [1.82, 2.24) is 9.38 Å². The second-order valence-electron chi connectivity index (χ2n) is 4.57. The van der Waals surface area contributed by atoms with Crippen molar-refractivity contribution >= 4 is 28.9 Å². The number of imidazole rings is 1. The van der Waals surface area contributed by atoms with Crippen molar-refractivity contribution in [3.63, 3.8) is 0 Å². The van der Waals surface area contributed by atoms with Crippen molar-refractivity contribution in [2.24, 2.45) is 5.92 Å².